The number of fused-ring (bicyclic) bond motifs is 1. The summed E-state index contributed by atoms with van der Waals surface area (Å²) in [7, 11) is 0. The minimum absolute atomic E-state index is 0.322. The molecular weight excluding hydrogens is 180 g/mol. The molecule has 74 valence electrons. The van der Waals surface area contributed by atoms with Crippen molar-refractivity contribution in [2.24, 2.45) is 0 Å². The van der Waals surface area contributed by atoms with E-state index in [1.165, 1.54) is 0 Å². The van der Waals surface area contributed by atoms with Gasteiger partial charge < -0.3 is 9.84 Å². The Kier molecular flexibility index (Phi) is 1.86. The number of hydrogen-bond donors (Lipinski definition) is 1. The summed E-state index contributed by atoms with van der Waals surface area (Å²) in [6, 6.07) is 5.14. The molecule has 0 saturated heterocycles. The molecule has 0 radical (unpaired) electrons. The van der Waals surface area contributed by atoms with E-state index in [4.69, 9.17) is 9.84 Å². The van der Waals surface area contributed by atoms with Gasteiger partial charge in [-0.15, -0.1) is 0 Å². The largest absolute Gasteiger partial charge is 0.478 e. The molecule has 1 N–H and O–H groups in total. The number of rotatable bonds is 1. The standard InChI is InChI=1S/C11H12O3/c1-11(2)9-5-7(10(12)13)3-4-8(9)6-14-11/h3-5H,6H2,1-2H3,(H,12,13). The molecule has 0 aliphatic carbocycles. The fraction of sp³-hybridized carbons (Fsp3) is 0.364. The zero-order valence-corrected chi connectivity index (χ0v) is 8.20. The number of carboxylic acids is 1. The van der Waals surface area contributed by atoms with Gasteiger partial charge in [0, 0.05) is 0 Å². The Bertz CT molecular complexity index is 394. The van der Waals surface area contributed by atoms with Crippen molar-refractivity contribution in [2.75, 3.05) is 0 Å². The zero-order valence-electron chi connectivity index (χ0n) is 8.20. The summed E-state index contributed by atoms with van der Waals surface area (Å²) < 4.78 is 5.55. The van der Waals surface area contributed by atoms with Gasteiger partial charge in [0.25, 0.3) is 0 Å². The van der Waals surface area contributed by atoms with Gasteiger partial charge in [-0.05, 0) is 37.1 Å². The molecule has 1 aromatic carbocycles. The lowest BCUT2D eigenvalue weighted by atomic mass is 9.94. The Hall–Kier alpha value is -1.35. The molecule has 0 spiro atoms. The topological polar surface area (TPSA) is 46.5 Å². The van der Waals surface area contributed by atoms with E-state index in [9.17, 15) is 4.79 Å². The Morgan fingerprint density at radius 3 is 2.86 bits per heavy atom. The first kappa shape index (κ1) is 9.21. The SMILES string of the molecule is CC1(C)OCc2ccc(C(=O)O)cc21. The maximum Gasteiger partial charge on any atom is 0.335 e. The first-order valence-corrected chi connectivity index (χ1v) is 4.51. The highest BCUT2D eigenvalue weighted by Crippen LogP contribution is 2.36. The Morgan fingerprint density at radius 1 is 1.50 bits per heavy atom. The maximum atomic E-state index is 10.8. The van der Waals surface area contributed by atoms with E-state index in [0.29, 0.717) is 12.2 Å². The summed E-state index contributed by atoms with van der Waals surface area (Å²) in [6.45, 7) is 4.47. The fourth-order valence-corrected chi connectivity index (χ4v) is 1.73. The third kappa shape index (κ3) is 1.30. The molecule has 14 heavy (non-hydrogen) atoms. The van der Waals surface area contributed by atoms with Gasteiger partial charge in [-0.1, -0.05) is 6.07 Å². The van der Waals surface area contributed by atoms with Crippen LogP contribution in [0.4, 0.5) is 0 Å². The van der Waals surface area contributed by atoms with Crippen molar-refractivity contribution in [3.05, 3.63) is 34.9 Å². The highest BCUT2D eigenvalue weighted by Gasteiger charge is 2.31. The van der Waals surface area contributed by atoms with E-state index in [-0.39, 0.29) is 5.60 Å². The average molecular weight is 192 g/mol. The second kappa shape index (κ2) is 2.82. The fourth-order valence-electron chi connectivity index (χ4n) is 1.73. The van der Waals surface area contributed by atoms with Crippen LogP contribution in [0.2, 0.25) is 0 Å². The van der Waals surface area contributed by atoms with E-state index in [1.54, 1.807) is 12.1 Å². The van der Waals surface area contributed by atoms with Crippen molar-refractivity contribution >= 4 is 5.97 Å². The summed E-state index contributed by atoms with van der Waals surface area (Å²) >= 11 is 0. The number of benzene rings is 1. The van der Waals surface area contributed by atoms with Crippen LogP contribution in [0.5, 0.6) is 0 Å². The van der Waals surface area contributed by atoms with Gasteiger partial charge in [0.2, 0.25) is 0 Å². The summed E-state index contributed by atoms with van der Waals surface area (Å²) in [5.74, 6) is -0.893. The van der Waals surface area contributed by atoms with Crippen LogP contribution in [0.25, 0.3) is 0 Å². The molecule has 0 amide bonds. The van der Waals surface area contributed by atoms with Crippen LogP contribution in [0.3, 0.4) is 0 Å². The lowest BCUT2D eigenvalue weighted by Crippen LogP contribution is -2.15. The lowest BCUT2D eigenvalue weighted by Gasteiger charge is -2.18. The Balaban J connectivity index is 2.53. The molecule has 1 heterocycles. The highest BCUT2D eigenvalue weighted by atomic mass is 16.5. The van der Waals surface area contributed by atoms with Crippen molar-refractivity contribution in [1.82, 2.24) is 0 Å². The number of ether oxygens (including phenoxy) is 1. The van der Waals surface area contributed by atoms with Gasteiger partial charge in [0.15, 0.2) is 0 Å². The molecule has 3 heteroatoms. The molecular formula is C11H12O3. The smallest absolute Gasteiger partial charge is 0.335 e. The summed E-state index contributed by atoms with van der Waals surface area (Å²) in [4.78, 5) is 10.8. The quantitative estimate of drug-likeness (QED) is 0.741. The Labute approximate surface area is 82.3 Å². The van der Waals surface area contributed by atoms with Gasteiger partial charge in [-0.3, -0.25) is 0 Å². The lowest BCUT2D eigenvalue weighted by molar-refractivity contribution is -0.00790. The monoisotopic (exact) mass is 192 g/mol. The van der Waals surface area contributed by atoms with Crippen molar-refractivity contribution in [2.45, 2.75) is 26.1 Å². The van der Waals surface area contributed by atoms with E-state index in [2.05, 4.69) is 0 Å². The third-order valence-corrected chi connectivity index (χ3v) is 2.59. The molecule has 0 fully saturated rings. The average Bonchev–Trinajstić information content (AvgIpc) is 2.42. The van der Waals surface area contributed by atoms with Crippen LogP contribution in [-0.4, -0.2) is 11.1 Å². The zero-order chi connectivity index (χ0) is 10.3. The van der Waals surface area contributed by atoms with Gasteiger partial charge in [0.05, 0.1) is 17.8 Å². The van der Waals surface area contributed by atoms with Crippen LogP contribution in [0.15, 0.2) is 18.2 Å². The number of aromatic carboxylic acids is 1. The second-order valence-electron chi connectivity index (χ2n) is 3.98. The molecule has 0 saturated carbocycles. The van der Waals surface area contributed by atoms with Crippen molar-refractivity contribution < 1.29 is 14.6 Å². The molecule has 3 nitrogen and oxygen atoms in total. The van der Waals surface area contributed by atoms with E-state index in [1.807, 2.05) is 19.9 Å². The van der Waals surface area contributed by atoms with Crippen LogP contribution in [0.1, 0.15) is 35.3 Å². The minimum Gasteiger partial charge on any atom is -0.478 e. The third-order valence-electron chi connectivity index (χ3n) is 2.59. The summed E-state index contributed by atoms with van der Waals surface area (Å²) in [5.41, 5.74) is 2.03. The van der Waals surface area contributed by atoms with Gasteiger partial charge in [0.1, 0.15) is 0 Å². The van der Waals surface area contributed by atoms with Crippen LogP contribution >= 0.6 is 0 Å². The molecule has 1 aromatic rings. The second-order valence-corrected chi connectivity index (χ2v) is 3.98. The summed E-state index contributed by atoms with van der Waals surface area (Å²) in [5, 5.41) is 8.85. The van der Waals surface area contributed by atoms with E-state index in [0.717, 1.165) is 11.1 Å². The number of hydrogen-bond acceptors (Lipinski definition) is 2. The summed E-state index contributed by atoms with van der Waals surface area (Å²) in [6.07, 6.45) is 0. The maximum absolute atomic E-state index is 10.8. The van der Waals surface area contributed by atoms with Crippen LogP contribution < -0.4 is 0 Å². The van der Waals surface area contributed by atoms with Crippen molar-refractivity contribution in [3.63, 3.8) is 0 Å². The van der Waals surface area contributed by atoms with Crippen molar-refractivity contribution in [3.8, 4) is 0 Å². The van der Waals surface area contributed by atoms with E-state index >= 15 is 0 Å². The van der Waals surface area contributed by atoms with Gasteiger partial charge in [-0.25, -0.2) is 4.79 Å². The molecule has 0 bridgehead atoms. The van der Waals surface area contributed by atoms with Gasteiger partial charge in [-0.2, -0.15) is 0 Å². The first-order chi connectivity index (χ1) is 6.50. The van der Waals surface area contributed by atoms with Crippen LogP contribution in [-0.2, 0) is 16.9 Å². The number of carboxylic acid groups (broad SMARTS) is 1. The molecule has 1 aliphatic heterocycles. The number of carbonyl (C=O) groups is 1. The predicted molar refractivity (Wildman–Crippen MR) is 51.2 cm³/mol. The predicted octanol–water partition coefficient (Wildman–Crippen LogP) is 2.15. The normalized spacial score (nSPS) is 17.9. The first-order valence-electron chi connectivity index (χ1n) is 4.51. The van der Waals surface area contributed by atoms with E-state index < -0.39 is 5.97 Å². The minimum atomic E-state index is -0.893. The van der Waals surface area contributed by atoms with Crippen LogP contribution in [0, 0.1) is 0 Å². The highest BCUT2D eigenvalue weighted by molar-refractivity contribution is 5.88. The van der Waals surface area contributed by atoms with Gasteiger partial charge >= 0.3 is 5.97 Å². The molecule has 2 rings (SSSR count). The molecule has 1 aliphatic rings. The van der Waals surface area contributed by atoms with Crippen molar-refractivity contribution in [1.29, 1.82) is 0 Å². The molecule has 0 aromatic heterocycles. The molecule has 0 unspecified atom stereocenters. The molecule has 0 atom stereocenters. The Morgan fingerprint density at radius 2 is 2.21 bits per heavy atom.